The van der Waals surface area contributed by atoms with Crippen LogP contribution in [0, 0.1) is 0 Å². The van der Waals surface area contributed by atoms with Crippen LogP contribution in [0.4, 0.5) is 24.5 Å². The van der Waals surface area contributed by atoms with Crippen LogP contribution in [0.1, 0.15) is 25.7 Å². The Hall–Kier alpha value is -3.27. The maximum atomic E-state index is 12.6. The lowest BCUT2D eigenvalue weighted by Crippen LogP contribution is -2.17. The Morgan fingerprint density at radius 3 is 2.33 bits per heavy atom. The Morgan fingerprint density at radius 1 is 0.963 bits per heavy atom. The number of anilines is 2. The summed E-state index contributed by atoms with van der Waals surface area (Å²) >= 11 is 1.08. The molecule has 0 saturated heterocycles. The lowest BCUT2D eigenvalue weighted by molar-refractivity contribution is -0.137. The molecule has 0 fully saturated rings. The van der Waals surface area contributed by atoms with Crippen LogP contribution in [0.5, 0.6) is 0 Å². The molecule has 10 heteroatoms. The number of hydrogen-bond donors (Lipinski definition) is 2. The number of benzene rings is 1. The van der Waals surface area contributed by atoms with E-state index in [2.05, 4.69) is 20.6 Å². The molecule has 0 spiro atoms. The van der Waals surface area contributed by atoms with Crippen molar-refractivity contribution in [2.45, 2.75) is 6.18 Å². The van der Waals surface area contributed by atoms with Crippen LogP contribution in [0.15, 0.2) is 54.3 Å². The molecule has 2 aromatic heterocycles. The predicted molar refractivity (Wildman–Crippen MR) is 93.7 cm³/mol. The molecule has 1 aromatic carbocycles. The van der Waals surface area contributed by atoms with E-state index in [4.69, 9.17) is 0 Å². The highest BCUT2D eigenvalue weighted by Crippen LogP contribution is 2.30. The molecular weight excluding hydrogens is 381 g/mol. The van der Waals surface area contributed by atoms with Gasteiger partial charge in [0.1, 0.15) is 10.6 Å². The smallest absolute Gasteiger partial charge is 0.321 e. The molecule has 0 bridgehead atoms. The summed E-state index contributed by atoms with van der Waals surface area (Å²) in [6, 6.07) is 5.61. The third-order valence-electron chi connectivity index (χ3n) is 3.39. The largest absolute Gasteiger partial charge is 0.416 e. The molecule has 0 atom stereocenters. The molecule has 0 unspecified atom stereocenters. The Morgan fingerprint density at radius 2 is 1.70 bits per heavy atom. The van der Waals surface area contributed by atoms with Gasteiger partial charge in [-0.3, -0.25) is 14.6 Å². The minimum absolute atomic E-state index is 0.0813. The van der Waals surface area contributed by atoms with Crippen molar-refractivity contribution < 1.29 is 22.8 Å². The number of carbonyl (C=O) groups excluding carboxylic acids is 2. The van der Waals surface area contributed by atoms with Gasteiger partial charge in [-0.15, -0.1) is 11.3 Å². The van der Waals surface area contributed by atoms with Crippen molar-refractivity contribution in [3.8, 4) is 0 Å². The third-order valence-corrected chi connectivity index (χ3v) is 4.30. The maximum absolute atomic E-state index is 12.6. The first-order valence-electron chi connectivity index (χ1n) is 7.48. The Kier molecular flexibility index (Phi) is 5.17. The zero-order valence-electron chi connectivity index (χ0n) is 13.4. The molecular formula is C17H11F3N4O2S. The van der Waals surface area contributed by atoms with Crippen molar-refractivity contribution in [2.75, 3.05) is 10.6 Å². The second-order valence-electron chi connectivity index (χ2n) is 5.24. The second kappa shape index (κ2) is 7.54. The SMILES string of the molecule is O=C(Nc1ccsc1C(=O)Nc1ccc(C(F)(F)F)cc1)c1cnccn1. The average Bonchev–Trinajstić information content (AvgIpc) is 3.10. The number of rotatable bonds is 4. The summed E-state index contributed by atoms with van der Waals surface area (Å²) in [5.41, 5.74) is -0.265. The Balaban J connectivity index is 1.71. The minimum atomic E-state index is -4.45. The number of nitrogens with one attached hydrogen (secondary N) is 2. The van der Waals surface area contributed by atoms with Crippen LogP contribution in [0.3, 0.4) is 0 Å². The van der Waals surface area contributed by atoms with E-state index in [1.54, 1.807) is 11.4 Å². The molecule has 0 saturated carbocycles. The third kappa shape index (κ3) is 4.47. The molecule has 2 heterocycles. The normalized spacial score (nSPS) is 11.1. The molecule has 0 radical (unpaired) electrons. The topological polar surface area (TPSA) is 84.0 Å². The van der Waals surface area contributed by atoms with Crippen molar-refractivity contribution in [3.05, 3.63) is 70.4 Å². The Bertz CT molecular complexity index is 956. The molecule has 2 amide bonds. The van der Waals surface area contributed by atoms with E-state index in [0.29, 0.717) is 0 Å². The molecule has 2 N–H and O–H groups in total. The van der Waals surface area contributed by atoms with Gasteiger partial charge in [0.25, 0.3) is 11.8 Å². The number of alkyl halides is 3. The highest BCUT2D eigenvalue weighted by molar-refractivity contribution is 7.12. The summed E-state index contributed by atoms with van der Waals surface area (Å²) in [5.74, 6) is -1.09. The van der Waals surface area contributed by atoms with Crippen LogP contribution >= 0.6 is 11.3 Å². The Labute approximate surface area is 155 Å². The fourth-order valence-corrected chi connectivity index (χ4v) is 2.86. The number of carbonyl (C=O) groups is 2. The number of aromatic nitrogens is 2. The van der Waals surface area contributed by atoms with Crippen molar-refractivity contribution in [1.29, 1.82) is 0 Å². The summed E-state index contributed by atoms with van der Waals surface area (Å²) in [7, 11) is 0. The number of nitrogens with zero attached hydrogens (tertiary/aromatic N) is 2. The standard InChI is InChI=1S/C17H11F3N4O2S/c18-17(19,20)10-1-3-11(4-2-10)23-16(26)14-12(5-8-27-14)24-15(25)13-9-21-6-7-22-13/h1-9H,(H,23,26)(H,24,25). The summed E-state index contributed by atoms with van der Waals surface area (Å²) in [5, 5.41) is 6.67. The van der Waals surface area contributed by atoms with E-state index in [1.807, 2.05) is 0 Å². The fourth-order valence-electron chi connectivity index (χ4n) is 2.12. The first-order chi connectivity index (χ1) is 12.8. The predicted octanol–water partition coefficient (Wildman–Crippen LogP) is 4.06. The van der Waals surface area contributed by atoms with Gasteiger partial charge in [-0.1, -0.05) is 0 Å². The molecule has 0 aliphatic carbocycles. The van der Waals surface area contributed by atoms with Gasteiger partial charge < -0.3 is 10.6 Å². The molecule has 138 valence electrons. The summed E-state index contributed by atoms with van der Waals surface area (Å²) in [6.07, 6.45) is -0.386. The zero-order chi connectivity index (χ0) is 19.4. The lowest BCUT2D eigenvalue weighted by Gasteiger charge is -2.09. The van der Waals surface area contributed by atoms with Gasteiger partial charge in [0, 0.05) is 18.1 Å². The number of thiophene rings is 1. The van der Waals surface area contributed by atoms with Crippen LogP contribution in [-0.4, -0.2) is 21.8 Å². The van der Waals surface area contributed by atoms with Gasteiger partial charge >= 0.3 is 6.18 Å². The quantitative estimate of drug-likeness (QED) is 0.701. The molecule has 0 aliphatic rings. The van der Waals surface area contributed by atoms with Crippen molar-refractivity contribution in [2.24, 2.45) is 0 Å². The fraction of sp³-hybridized carbons (Fsp3) is 0.0588. The number of amides is 2. The van der Waals surface area contributed by atoms with Crippen LogP contribution in [0.25, 0.3) is 0 Å². The van der Waals surface area contributed by atoms with E-state index in [1.165, 1.54) is 18.6 Å². The second-order valence-corrected chi connectivity index (χ2v) is 6.15. The van der Waals surface area contributed by atoms with Crippen molar-refractivity contribution in [3.63, 3.8) is 0 Å². The first kappa shape index (κ1) is 18.5. The monoisotopic (exact) mass is 392 g/mol. The number of hydrogen-bond acceptors (Lipinski definition) is 5. The van der Waals surface area contributed by atoms with Crippen molar-refractivity contribution >= 4 is 34.5 Å². The highest BCUT2D eigenvalue weighted by atomic mass is 32.1. The van der Waals surface area contributed by atoms with Gasteiger partial charge in [-0.25, -0.2) is 4.98 Å². The van der Waals surface area contributed by atoms with E-state index >= 15 is 0 Å². The van der Waals surface area contributed by atoms with E-state index in [9.17, 15) is 22.8 Å². The van der Waals surface area contributed by atoms with Crippen LogP contribution < -0.4 is 10.6 Å². The van der Waals surface area contributed by atoms with Gasteiger partial charge in [-0.05, 0) is 35.7 Å². The van der Waals surface area contributed by atoms with Gasteiger partial charge in [0.15, 0.2) is 0 Å². The molecule has 3 aromatic rings. The van der Waals surface area contributed by atoms with Gasteiger partial charge in [0.05, 0.1) is 17.4 Å². The van der Waals surface area contributed by atoms with Gasteiger partial charge in [0.2, 0.25) is 0 Å². The van der Waals surface area contributed by atoms with E-state index in [0.717, 1.165) is 35.6 Å². The molecule has 0 aliphatic heterocycles. The van der Waals surface area contributed by atoms with Gasteiger partial charge in [-0.2, -0.15) is 13.2 Å². The summed E-state index contributed by atoms with van der Waals surface area (Å²) in [6.45, 7) is 0. The lowest BCUT2D eigenvalue weighted by atomic mass is 10.2. The number of halogens is 3. The average molecular weight is 392 g/mol. The summed E-state index contributed by atoms with van der Waals surface area (Å²) < 4.78 is 37.8. The van der Waals surface area contributed by atoms with E-state index in [-0.39, 0.29) is 21.9 Å². The van der Waals surface area contributed by atoms with Crippen LogP contribution in [-0.2, 0) is 6.18 Å². The maximum Gasteiger partial charge on any atom is 0.416 e. The minimum Gasteiger partial charge on any atom is -0.321 e. The zero-order valence-corrected chi connectivity index (χ0v) is 14.3. The molecule has 3 rings (SSSR count). The van der Waals surface area contributed by atoms with Crippen molar-refractivity contribution in [1.82, 2.24) is 9.97 Å². The summed E-state index contributed by atoms with van der Waals surface area (Å²) in [4.78, 5) is 32.4. The molecule has 27 heavy (non-hydrogen) atoms. The first-order valence-corrected chi connectivity index (χ1v) is 8.36. The highest BCUT2D eigenvalue weighted by Gasteiger charge is 2.30. The molecule has 6 nitrogen and oxygen atoms in total. The van der Waals surface area contributed by atoms with E-state index < -0.39 is 23.6 Å². The van der Waals surface area contributed by atoms with Crippen LogP contribution in [0.2, 0.25) is 0 Å².